The van der Waals surface area contributed by atoms with Gasteiger partial charge >= 0.3 is 0 Å². The van der Waals surface area contributed by atoms with Crippen molar-refractivity contribution in [2.45, 2.75) is 12.2 Å². The molecule has 0 radical (unpaired) electrons. The van der Waals surface area contributed by atoms with Crippen LogP contribution in [0.5, 0.6) is 0 Å². The van der Waals surface area contributed by atoms with Gasteiger partial charge in [0.05, 0.1) is 25.3 Å². The fraction of sp³-hybridized carbons (Fsp3) is 0.357. The first-order valence-electron chi connectivity index (χ1n) is 6.07. The van der Waals surface area contributed by atoms with E-state index in [-0.39, 0.29) is 6.10 Å². The monoisotopic (exact) mass is 245 g/mol. The third-order valence-electron chi connectivity index (χ3n) is 3.17. The van der Waals surface area contributed by atoms with Crippen LogP contribution in [0.15, 0.2) is 36.5 Å². The maximum atomic E-state index is 10.3. The summed E-state index contributed by atoms with van der Waals surface area (Å²) in [6, 6.07) is 9.67. The Morgan fingerprint density at radius 1 is 1.28 bits per heavy atom. The minimum Gasteiger partial charge on any atom is -0.386 e. The number of benzene rings is 1. The summed E-state index contributed by atoms with van der Waals surface area (Å²) in [5, 5.41) is 11.3. The fourth-order valence-electron chi connectivity index (χ4n) is 2.17. The van der Waals surface area contributed by atoms with Crippen LogP contribution in [0, 0.1) is 0 Å². The molecule has 3 rings (SSSR count). The lowest BCUT2D eigenvalue weighted by Crippen LogP contribution is -2.33. The van der Waals surface area contributed by atoms with E-state index in [0.29, 0.717) is 19.8 Å². The average Bonchev–Trinajstić information content (AvgIpc) is 2.47. The first-order chi connectivity index (χ1) is 8.84. The number of aromatic nitrogens is 1. The van der Waals surface area contributed by atoms with Crippen LogP contribution in [0.2, 0.25) is 0 Å². The summed E-state index contributed by atoms with van der Waals surface area (Å²) in [5.74, 6) is 0. The molecule has 0 amide bonds. The Morgan fingerprint density at radius 2 is 2.22 bits per heavy atom. The first kappa shape index (κ1) is 11.6. The third kappa shape index (κ3) is 2.22. The van der Waals surface area contributed by atoms with Crippen molar-refractivity contribution in [3.05, 3.63) is 42.1 Å². The Morgan fingerprint density at radius 3 is 3.06 bits per heavy atom. The van der Waals surface area contributed by atoms with E-state index >= 15 is 0 Å². The van der Waals surface area contributed by atoms with E-state index in [1.807, 2.05) is 30.3 Å². The number of nitrogens with zero attached hydrogens (tertiary/aromatic N) is 1. The summed E-state index contributed by atoms with van der Waals surface area (Å²) in [6.07, 6.45) is 0.787. The molecular formula is C14H15NO3. The molecular weight excluding hydrogens is 230 g/mol. The molecule has 1 aliphatic heterocycles. The highest BCUT2D eigenvalue weighted by molar-refractivity contribution is 5.78. The largest absolute Gasteiger partial charge is 0.386 e. The molecule has 1 aromatic heterocycles. The molecule has 18 heavy (non-hydrogen) atoms. The SMILES string of the molecule is OC(c1ccc2cccnc2c1)C1COCCO1. The zero-order valence-electron chi connectivity index (χ0n) is 9.95. The molecule has 0 spiro atoms. The van der Waals surface area contributed by atoms with E-state index in [4.69, 9.17) is 9.47 Å². The fourth-order valence-corrected chi connectivity index (χ4v) is 2.17. The predicted molar refractivity (Wildman–Crippen MR) is 67.3 cm³/mol. The van der Waals surface area contributed by atoms with E-state index in [1.54, 1.807) is 6.20 Å². The van der Waals surface area contributed by atoms with Crippen molar-refractivity contribution in [2.24, 2.45) is 0 Å². The Bertz CT molecular complexity index is 537. The van der Waals surface area contributed by atoms with E-state index < -0.39 is 6.10 Å². The van der Waals surface area contributed by atoms with Gasteiger partial charge in [0, 0.05) is 11.6 Å². The molecule has 2 unspecified atom stereocenters. The molecule has 1 fully saturated rings. The highest BCUT2D eigenvalue weighted by Crippen LogP contribution is 2.24. The van der Waals surface area contributed by atoms with Crippen molar-refractivity contribution >= 4 is 10.9 Å². The lowest BCUT2D eigenvalue weighted by molar-refractivity contribution is -0.133. The number of rotatable bonds is 2. The molecule has 94 valence electrons. The van der Waals surface area contributed by atoms with Gasteiger partial charge in [-0.05, 0) is 17.7 Å². The molecule has 4 nitrogen and oxygen atoms in total. The molecule has 0 aliphatic carbocycles. The van der Waals surface area contributed by atoms with Crippen molar-refractivity contribution in [3.8, 4) is 0 Å². The van der Waals surface area contributed by atoms with Crippen LogP contribution < -0.4 is 0 Å². The van der Waals surface area contributed by atoms with Crippen LogP contribution in [0.25, 0.3) is 10.9 Å². The van der Waals surface area contributed by atoms with Crippen molar-refractivity contribution in [3.63, 3.8) is 0 Å². The van der Waals surface area contributed by atoms with Crippen molar-refractivity contribution in [2.75, 3.05) is 19.8 Å². The Labute approximate surface area is 105 Å². The Hall–Kier alpha value is -1.49. The standard InChI is InChI=1S/C14H15NO3/c16-14(13-9-17-6-7-18-13)11-4-3-10-2-1-5-15-12(10)8-11/h1-5,8,13-14,16H,6-7,9H2. The smallest absolute Gasteiger partial charge is 0.111 e. The molecule has 1 saturated heterocycles. The van der Waals surface area contributed by atoms with Gasteiger partial charge in [-0.3, -0.25) is 4.98 Å². The quantitative estimate of drug-likeness (QED) is 0.874. The maximum absolute atomic E-state index is 10.3. The van der Waals surface area contributed by atoms with Crippen LogP contribution in [-0.4, -0.2) is 36.0 Å². The predicted octanol–water partition coefficient (Wildman–Crippen LogP) is 1.68. The van der Waals surface area contributed by atoms with Gasteiger partial charge in [0.2, 0.25) is 0 Å². The van der Waals surface area contributed by atoms with Crippen LogP contribution in [0.1, 0.15) is 11.7 Å². The zero-order chi connectivity index (χ0) is 12.4. The average molecular weight is 245 g/mol. The number of pyridine rings is 1. The second-order valence-electron chi connectivity index (χ2n) is 4.38. The second kappa shape index (κ2) is 5.02. The maximum Gasteiger partial charge on any atom is 0.111 e. The van der Waals surface area contributed by atoms with Gasteiger partial charge in [0.1, 0.15) is 12.2 Å². The molecule has 4 heteroatoms. The van der Waals surface area contributed by atoms with Crippen LogP contribution in [0.3, 0.4) is 0 Å². The Kier molecular flexibility index (Phi) is 3.23. The van der Waals surface area contributed by atoms with Crippen LogP contribution in [0.4, 0.5) is 0 Å². The second-order valence-corrected chi connectivity index (χ2v) is 4.38. The van der Waals surface area contributed by atoms with E-state index in [1.165, 1.54) is 0 Å². The summed E-state index contributed by atoms with van der Waals surface area (Å²) < 4.78 is 10.8. The molecule has 1 aliphatic rings. The van der Waals surface area contributed by atoms with Gasteiger partial charge in [-0.15, -0.1) is 0 Å². The van der Waals surface area contributed by atoms with Gasteiger partial charge in [0.15, 0.2) is 0 Å². The molecule has 0 bridgehead atoms. The zero-order valence-corrected chi connectivity index (χ0v) is 9.95. The van der Waals surface area contributed by atoms with E-state index in [9.17, 15) is 5.11 Å². The van der Waals surface area contributed by atoms with E-state index in [0.717, 1.165) is 16.5 Å². The number of hydrogen-bond donors (Lipinski definition) is 1. The van der Waals surface area contributed by atoms with Gasteiger partial charge in [-0.2, -0.15) is 0 Å². The Balaban J connectivity index is 1.88. The number of fused-ring (bicyclic) bond motifs is 1. The highest BCUT2D eigenvalue weighted by Gasteiger charge is 2.24. The summed E-state index contributed by atoms with van der Waals surface area (Å²) in [4.78, 5) is 4.29. The lowest BCUT2D eigenvalue weighted by atomic mass is 10.0. The minimum absolute atomic E-state index is 0.292. The van der Waals surface area contributed by atoms with Crippen molar-refractivity contribution in [1.29, 1.82) is 0 Å². The number of ether oxygens (including phenoxy) is 2. The molecule has 2 atom stereocenters. The third-order valence-corrected chi connectivity index (χ3v) is 3.17. The van der Waals surface area contributed by atoms with Gasteiger partial charge < -0.3 is 14.6 Å². The van der Waals surface area contributed by atoms with Crippen LogP contribution >= 0.6 is 0 Å². The highest BCUT2D eigenvalue weighted by atomic mass is 16.6. The molecule has 0 saturated carbocycles. The normalized spacial score (nSPS) is 21.9. The molecule has 2 aromatic rings. The lowest BCUT2D eigenvalue weighted by Gasteiger charge is -2.27. The van der Waals surface area contributed by atoms with Crippen molar-refractivity contribution < 1.29 is 14.6 Å². The van der Waals surface area contributed by atoms with Gasteiger partial charge in [-0.25, -0.2) is 0 Å². The number of aliphatic hydroxyl groups excluding tert-OH is 1. The number of aliphatic hydroxyl groups is 1. The van der Waals surface area contributed by atoms with Crippen LogP contribution in [-0.2, 0) is 9.47 Å². The minimum atomic E-state index is -0.670. The summed E-state index contributed by atoms with van der Waals surface area (Å²) >= 11 is 0. The summed E-state index contributed by atoms with van der Waals surface area (Å²) in [5.41, 5.74) is 1.70. The van der Waals surface area contributed by atoms with Gasteiger partial charge in [-0.1, -0.05) is 18.2 Å². The molecule has 2 heterocycles. The van der Waals surface area contributed by atoms with Gasteiger partial charge in [0.25, 0.3) is 0 Å². The summed E-state index contributed by atoms with van der Waals surface area (Å²) in [6.45, 7) is 1.57. The molecule has 1 aromatic carbocycles. The first-order valence-corrected chi connectivity index (χ1v) is 6.07. The number of hydrogen-bond acceptors (Lipinski definition) is 4. The van der Waals surface area contributed by atoms with Crippen molar-refractivity contribution in [1.82, 2.24) is 4.98 Å². The topological polar surface area (TPSA) is 51.6 Å². The van der Waals surface area contributed by atoms with E-state index in [2.05, 4.69) is 4.98 Å². The summed E-state index contributed by atoms with van der Waals surface area (Å²) in [7, 11) is 0. The molecule has 1 N–H and O–H groups in total.